The summed E-state index contributed by atoms with van der Waals surface area (Å²) >= 11 is 0. The lowest BCUT2D eigenvalue weighted by Crippen LogP contribution is -2.54. The first-order valence-corrected chi connectivity index (χ1v) is 13.4. The van der Waals surface area contributed by atoms with E-state index >= 15 is 0 Å². The van der Waals surface area contributed by atoms with Gasteiger partial charge in [0, 0.05) is 6.42 Å². The molecular formula is C27H46ClN5O5. The average Bonchev–Trinajstić information content (AvgIpc) is 2.85. The number of aromatic hydroxyl groups is 1. The number of nitrogens with zero attached hydrogens (tertiary/aromatic N) is 1. The molecule has 11 heteroatoms. The third kappa shape index (κ3) is 13.4. The fourth-order valence-electron chi connectivity index (χ4n) is 4.34. The Kier molecular flexibility index (Phi) is 16.6. The summed E-state index contributed by atoms with van der Waals surface area (Å²) in [4.78, 5) is 40.8. The van der Waals surface area contributed by atoms with Crippen molar-refractivity contribution in [1.29, 1.82) is 0 Å². The molecule has 1 heterocycles. The van der Waals surface area contributed by atoms with E-state index < -0.39 is 24.0 Å². The van der Waals surface area contributed by atoms with Crippen LogP contribution in [0.3, 0.4) is 0 Å². The van der Waals surface area contributed by atoms with E-state index in [4.69, 9.17) is 4.74 Å². The summed E-state index contributed by atoms with van der Waals surface area (Å²) < 4.78 is 4.90. The van der Waals surface area contributed by atoms with Gasteiger partial charge in [0.25, 0.3) is 0 Å². The van der Waals surface area contributed by atoms with Gasteiger partial charge in [-0.3, -0.25) is 14.5 Å². The molecule has 10 nitrogen and oxygen atoms in total. The van der Waals surface area contributed by atoms with Gasteiger partial charge in [0.2, 0.25) is 11.8 Å². The molecule has 0 spiro atoms. The second-order valence-electron chi connectivity index (χ2n) is 10.0. The average molecular weight is 556 g/mol. The Balaban J connectivity index is 0.00000722. The minimum absolute atomic E-state index is 0. The number of carbonyl (C=O) groups is 3. The largest absolute Gasteiger partial charge is 0.508 e. The number of ether oxygens (including phenoxy) is 1. The number of methoxy groups -OCH3 is 1. The first-order chi connectivity index (χ1) is 17.8. The predicted octanol–water partition coefficient (Wildman–Crippen LogP) is 1.21. The Morgan fingerprint density at radius 2 is 1.53 bits per heavy atom. The van der Waals surface area contributed by atoms with E-state index in [1.54, 1.807) is 12.1 Å². The van der Waals surface area contributed by atoms with Crippen LogP contribution < -0.4 is 21.3 Å². The van der Waals surface area contributed by atoms with Crippen LogP contribution in [0.15, 0.2) is 24.3 Å². The molecule has 0 aliphatic carbocycles. The Bertz CT molecular complexity index is 828. The van der Waals surface area contributed by atoms with Crippen LogP contribution in [-0.2, 0) is 25.5 Å². The van der Waals surface area contributed by atoms with Crippen LogP contribution in [0.5, 0.6) is 5.75 Å². The van der Waals surface area contributed by atoms with E-state index in [0.717, 1.165) is 64.1 Å². The Morgan fingerprint density at radius 1 is 0.947 bits per heavy atom. The minimum Gasteiger partial charge on any atom is -0.508 e. The molecule has 0 saturated carbocycles. The highest BCUT2D eigenvalue weighted by atomic mass is 35.5. The zero-order chi connectivity index (χ0) is 27.0. The maximum Gasteiger partial charge on any atom is 0.328 e. The summed E-state index contributed by atoms with van der Waals surface area (Å²) in [6.07, 6.45) is 3.66. The smallest absolute Gasteiger partial charge is 0.328 e. The van der Waals surface area contributed by atoms with Crippen molar-refractivity contribution in [3.8, 4) is 5.75 Å². The summed E-state index contributed by atoms with van der Waals surface area (Å²) in [7, 11) is 1.27. The number of hydrogen-bond acceptors (Lipinski definition) is 8. The lowest BCUT2D eigenvalue weighted by atomic mass is 10.0. The van der Waals surface area contributed by atoms with Crippen LogP contribution in [0.2, 0.25) is 0 Å². The molecular weight excluding hydrogens is 510 g/mol. The van der Waals surface area contributed by atoms with Crippen LogP contribution in [0, 0.1) is 5.92 Å². The first kappa shape index (κ1) is 33.6. The van der Waals surface area contributed by atoms with E-state index in [1.165, 1.54) is 19.2 Å². The van der Waals surface area contributed by atoms with Crippen molar-refractivity contribution >= 4 is 30.2 Å². The summed E-state index contributed by atoms with van der Waals surface area (Å²) in [6.45, 7) is 9.58. The summed E-state index contributed by atoms with van der Waals surface area (Å²) in [5.74, 6) is -0.923. The molecule has 1 aromatic rings. The van der Waals surface area contributed by atoms with E-state index in [2.05, 4.69) is 26.2 Å². The van der Waals surface area contributed by atoms with Crippen LogP contribution in [0.25, 0.3) is 0 Å². The Labute approximate surface area is 233 Å². The number of amides is 2. The summed E-state index contributed by atoms with van der Waals surface area (Å²) in [5, 5.41) is 22.1. The molecule has 1 saturated heterocycles. The van der Waals surface area contributed by atoms with E-state index in [-0.39, 0.29) is 42.9 Å². The van der Waals surface area contributed by atoms with Gasteiger partial charge in [-0.15, -0.1) is 12.4 Å². The van der Waals surface area contributed by atoms with Gasteiger partial charge in [-0.05, 0) is 88.6 Å². The molecule has 0 bridgehead atoms. The molecule has 0 unspecified atom stereocenters. The zero-order valence-electron chi connectivity index (χ0n) is 23.0. The number of esters is 1. The summed E-state index contributed by atoms with van der Waals surface area (Å²) in [5.41, 5.74) is 0.761. The topological polar surface area (TPSA) is 132 Å². The van der Waals surface area contributed by atoms with Gasteiger partial charge in [-0.2, -0.15) is 0 Å². The van der Waals surface area contributed by atoms with Crippen molar-refractivity contribution in [3.05, 3.63) is 29.8 Å². The quantitative estimate of drug-likeness (QED) is 0.272. The van der Waals surface area contributed by atoms with Gasteiger partial charge in [0.1, 0.15) is 17.8 Å². The molecule has 5 N–H and O–H groups in total. The molecule has 216 valence electrons. The van der Waals surface area contributed by atoms with Crippen LogP contribution in [-0.4, -0.2) is 92.8 Å². The van der Waals surface area contributed by atoms with E-state index in [1.807, 2.05) is 13.8 Å². The van der Waals surface area contributed by atoms with E-state index in [9.17, 15) is 19.5 Å². The van der Waals surface area contributed by atoms with Gasteiger partial charge in [0.05, 0.1) is 13.7 Å². The molecule has 1 aliphatic heterocycles. The molecule has 1 fully saturated rings. The predicted molar refractivity (Wildman–Crippen MR) is 150 cm³/mol. The number of rotatable bonds is 10. The van der Waals surface area contributed by atoms with Crippen molar-refractivity contribution in [3.63, 3.8) is 0 Å². The number of benzene rings is 1. The van der Waals surface area contributed by atoms with Crippen molar-refractivity contribution in [2.24, 2.45) is 5.92 Å². The van der Waals surface area contributed by atoms with Crippen LogP contribution >= 0.6 is 12.4 Å². The lowest BCUT2D eigenvalue weighted by molar-refractivity contribution is -0.145. The molecule has 2 rings (SSSR count). The van der Waals surface area contributed by atoms with Crippen LogP contribution in [0.4, 0.5) is 0 Å². The molecule has 1 aliphatic rings. The Hall–Kier alpha value is -2.40. The van der Waals surface area contributed by atoms with Gasteiger partial charge >= 0.3 is 5.97 Å². The second kappa shape index (κ2) is 18.8. The van der Waals surface area contributed by atoms with Crippen molar-refractivity contribution in [2.45, 2.75) is 58.0 Å². The third-order valence-corrected chi connectivity index (χ3v) is 6.27. The highest BCUT2D eigenvalue weighted by Crippen LogP contribution is 2.13. The highest BCUT2D eigenvalue weighted by molar-refractivity contribution is 5.91. The van der Waals surface area contributed by atoms with Gasteiger partial charge < -0.3 is 31.1 Å². The number of phenolic OH excluding ortho intramolecular Hbond substituents is 1. The zero-order valence-corrected chi connectivity index (χ0v) is 23.8. The van der Waals surface area contributed by atoms with E-state index in [0.29, 0.717) is 6.42 Å². The van der Waals surface area contributed by atoms with Crippen molar-refractivity contribution in [2.75, 3.05) is 52.9 Å². The standard InChI is InChI=1S/C27H45N5O5.ClH/c1-20(2)17-23(26(35)31-24(27(36)37-3)18-21-7-9-22(33)10-8-21)30-25(34)19-32-15-5-13-28-11-4-12-29-14-6-16-32;/h7-10,20,23-24,28-29,33H,4-6,11-19H2,1-3H3,(H,30,34)(H,31,35);1H/t23-,24-;/m0./s1. The summed E-state index contributed by atoms with van der Waals surface area (Å²) in [6, 6.07) is 4.74. The normalized spacial score (nSPS) is 17.2. The van der Waals surface area contributed by atoms with Gasteiger partial charge in [-0.1, -0.05) is 26.0 Å². The van der Waals surface area contributed by atoms with Crippen molar-refractivity contribution in [1.82, 2.24) is 26.2 Å². The van der Waals surface area contributed by atoms with Crippen molar-refractivity contribution < 1.29 is 24.2 Å². The fraction of sp³-hybridized carbons (Fsp3) is 0.667. The number of carbonyl (C=O) groups excluding carboxylic acids is 3. The maximum atomic E-state index is 13.2. The molecule has 2 amide bonds. The number of phenols is 1. The number of halogens is 1. The molecule has 1 aromatic carbocycles. The molecule has 0 radical (unpaired) electrons. The molecule has 0 aromatic heterocycles. The lowest BCUT2D eigenvalue weighted by Gasteiger charge is -2.26. The molecule has 38 heavy (non-hydrogen) atoms. The number of nitrogens with one attached hydrogen (secondary N) is 4. The molecule has 2 atom stereocenters. The SMILES string of the molecule is COC(=O)[C@H](Cc1ccc(O)cc1)NC(=O)[C@H](CC(C)C)NC(=O)CN1CCCNCCCNCCC1.Cl. The maximum absolute atomic E-state index is 13.2. The fourth-order valence-corrected chi connectivity index (χ4v) is 4.34. The first-order valence-electron chi connectivity index (χ1n) is 13.4. The van der Waals surface area contributed by atoms with Crippen LogP contribution in [0.1, 0.15) is 45.1 Å². The van der Waals surface area contributed by atoms with Gasteiger partial charge in [-0.25, -0.2) is 4.79 Å². The monoisotopic (exact) mass is 555 g/mol. The Morgan fingerprint density at radius 3 is 2.08 bits per heavy atom. The van der Waals surface area contributed by atoms with Gasteiger partial charge in [0.15, 0.2) is 0 Å². The third-order valence-electron chi connectivity index (χ3n) is 6.27. The number of hydrogen-bond donors (Lipinski definition) is 5. The minimum atomic E-state index is -0.913. The highest BCUT2D eigenvalue weighted by Gasteiger charge is 2.28. The second-order valence-corrected chi connectivity index (χ2v) is 10.0.